The van der Waals surface area contributed by atoms with E-state index in [0.717, 1.165) is 8.04 Å². The van der Waals surface area contributed by atoms with Crippen molar-refractivity contribution in [3.63, 3.8) is 0 Å². The zero-order valence-corrected chi connectivity index (χ0v) is 9.97. The fraction of sp³-hybridized carbons (Fsp3) is 0. The van der Waals surface area contributed by atoms with E-state index in [1.165, 1.54) is 0 Å². The second-order valence-corrected chi connectivity index (χ2v) is 4.69. The number of Topliss-reactive ketones (excluding diaryl/α,β-unsaturated/α-hetero) is 1. The first-order chi connectivity index (χ1) is 6.09. The van der Waals surface area contributed by atoms with Crippen LogP contribution in [0.5, 0.6) is 0 Å². The molecule has 2 rings (SSSR count). The van der Waals surface area contributed by atoms with Crippen LogP contribution in [-0.4, -0.2) is 11.7 Å². The van der Waals surface area contributed by atoms with Crippen LogP contribution in [0.4, 0.5) is 5.69 Å². The van der Waals surface area contributed by atoms with Gasteiger partial charge in [-0.3, -0.25) is 9.59 Å². The monoisotopic (exact) mass is 351 g/mol. The molecule has 0 saturated carbocycles. The number of rotatable bonds is 0. The Morgan fingerprint density at radius 1 is 1.31 bits per heavy atom. The van der Waals surface area contributed by atoms with E-state index in [0.29, 0.717) is 11.3 Å². The molecular formula is C8H3BrINO2. The third kappa shape index (κ3) is 1.39. The van der Waals surface area contributed by atoms with E-state index in [2.05, 4.69) is 43.8 Å². The predicted octanol–water partition coefficient (Wildman–Crippen LogP) is 2.19. The van der Waals surface area contributed by atoms with E-state index in [1.807, 2.05) is 6.07 Å². The molecule has 13 heavy (non-hydrogen) atoms. The molecule has 0 spiro atoms. The number of carbonyl (C=O) groups excluding carboxylic acids is 2. The maximum absolute atomic E-state index is 11.3. The molecule has 0 atom stereocenters. The summed E-state index contributed by atoms with van der Waals surface area (Å²) in [5, 5.41) is 2.50. The Labute approximate surface area is 96.2 Å². The summed E-state index contributed by atoms with van der Waals surface area (Å²) in [5.41, 5.74) is 1.03. The molecule has 0 bridgehead atoms. The van der Waals surface area contributed by atoms with Gasteiger partial charge >= 0.3 is 0 Å². The van der Waals surface area contributed by atoms with E-state index in [-0.39, 0.29) is 0 Å². The van der Waals surface area contributed by atoms with E-state index in [4.69, 9.17) is 0 Å². The number of fused-ring (bicyclic) bond motifs is 1. The first-order valence-corrected chi connectivity index (χ1v) is 5.31. The van der Waals surface area contributed by atoms with Gasteiger partial charge < -0.3 is 5.32 Å². The van der Waals surface area contributed by atoms with Crippen molar-refractivity contribution in [1.29, 1.82) is 0 Å². The molecule has 1 aromatic carbocycles. The quantitative estimate of drug-likeness (QED) is 0.575. The Bertz CT molecular complexity index is 430. The van der Waals surface area contributed by atoms with Crippen LogP contribution in [0.3, 0.4) is 0 Å². The number of nitrogens with one attached hydrogen (secondary N) is 1. The molecule has 0 radical (unpaired) electrons. The van der Waals surface area contributed by atoms with Crippen LogP contribution in [0.1, 0.15) is 10.4 Å². The first-order valence-electron chi connectivity index (χ1n) is 3.44. The molecule has 1 aliphatic heterocycles. The second kappa shape index (κ2) is 3.06. The van der Waals surface area contributed by atoms with Gasteiger partial charge in [0.2, 0.25) is 0 Å². The summed E-state index contributed by atoms with van der Waals surface area (Å²) in [5.74, 6) is -1.02. The van der Waals surface area contributed by atoms with Gasteiger partial charge in [-0.2, -0.15) is 0 Å². The molecule has 0 aliphatic carbocycles. The standard InChI is InChI=1S/C8H3BrINO2/c9-5-2-3(10)1-4-6(5)11-8(13)7(4)12/h1-2H,(H,11,12,13). The number of amides is 1. The van der Waals surface area contributed by atoms with Crippen LogP contribution in [0.15, 0.2) is 16.6 Å². The fourth-order valence-corrected chi connectivity index (χ4v) is 2.78. The molecule has 1 amide bonds. The van der Waals surface area contributed by atoms with Crippen molar-refractivity contribution >= 4 is 55.9 Å². The Morgan fingerprint density at radius 2 is 2.00 bits per heavy atom. The van der Waals surface area contributed by atoms with Crippen molar-refractivity contribution < 1.29 is 9.59 Å². The highest BCUT2D eigenvalue weighted by molar-refractivity contribution is 14.1. The largest absolute Gasteiger partial charge is 0.317 e. The highest BCUT2D eigenvalue weighted by Gasteiger charge is 2.29. The fourth-order valence-electron chi connectivity index (χ4n) is 1.17. The van der Waals surface area contributed by atoms with Crippen LogP contribution in [-0.2, 0) is 4.79 Å². The van der Waals surface area contributed by atoms with Crippen molar-refractivity contribution in [3.05, 3.63) is 25.7 Å². The molecule has 66 valence electrons. The van der Waals surface area contributed by atoms with Gasteiger partial charge in [-0.1, -0.05) is 0 Å². The minimum atomic E-state index is -0.558. The maximum Gasteiger partial charge on any atom is 0.296 e. The number of ketones is 1. The van der Waals surface area contributed by atoms with Gasteiger partial charge in [-0.15, -0.1) is 0 Å². The molecule has 5 heteroatoms. The molecule has 0 fully saturated rings. The van der Waals surface area contributed by atoms with Crippen LogP contribution in [0.2, 0.25) is 0 Å². The summed E-state index contributed by atoms with van der Waals surface area (Å²) in [6.45, 7) is 0. The molecule has 0 aromatic heterocycles. The van der Waals surface area contributed by atoms with Crippen molar-refractivity contribution in [3.8, 4) is 0 Å². The third-order valence-electron chi connectivity index (χ3n) is 1.74. The summed E-state index contributed by atoms with van der Waals surface area (Å²) in [6.07, 6.45) is 0. The average Bonchev–Trinajstić information content (AvgIpc) is 2.32. The lowest BCUT2D eigenvalue weighted by Gasteiger charge is -2.00. The lowest BCUT2D eigenvalue weighted by molar-refractivity contribution is -0.112. The Balaban J connectivity index is 2.70. The molecule has 0 unspecified atom stereocenters. The number of benzene rings is 1. The number of hydrogen-bond donors (Lipinski definition) is 1. The maximum atomic E-state index is 11.3. The van der Waals surface area contributed by atoms with Crippen molar-refractivity contribution in [2.75, 3.05) is 5.32 Å². The number of anilines is 1. The second-order valence-electron chi connectivity index (χ2n) is 2.59. The van der Waals surface area contributed by atoms with Gasteiger partial charge in [0.25, 0.3) is 11.7 Å². The predicted molar refractivity (Wildman–Crippen MR) is 59.8 cm³/mol. The van der Waals surface area contributed by atoms with E-state index in [9.17, 15) is 9.59 Å². The highest BCUT2D eigenvalue weighted by Crippen LogP contribution is 2.32. The van der Waals surface area contributed by atoms with E-state index in [1.54, 1.807) is 6.07 Å². The van der Waals surface area contributed by atoms with Gasteiger partial charge in [0, 0.05) is 8.04 Å². The van der Waals surface area contributed by atoms with E-state index >= 15 is 0 Å². The van der Waals surface area contributed by atoms with Crippen LogP contribution in [0, 0.1) is 3.57 Å². The molecule has 1 aliphatic rings. The minimum absolute atomic E-state index is 0.448. The summed E-state index contributed by atoms with van der Waals surface area (Å²) in [4.78, 5) is 22.3. The zero-order valence-electron chi connectivity index (χ0n) is 6.23. The van der Waals surface area contributed by atoms with Crippen molar-refractivity contribution in [2.24, 2.45) is 0 Å². The van der Waals surface area contributed by atoms with Crippen molar-refractivity contribution in [1.82, 2.24) is 0 Å². The zero-order chi connectivity index (χ0) is 9.59. The van der Waals surface area contributed by atoms with Gasteiger partial charge in [-0.05, 0) is 50.7 Å². The number of carbonyl (C=O) groups is 2. The highest BCUT2D eigenvalue weighted by atomic mass is 127. The topological polar surface area (TPSA) is 46.2 Å². The average molecular weight is 352 g/mol. The summed E-state index contributed by atoms with van der Waals surface area (Å²) < 4.78 is 1.67. The number of halogens is 2. The summed E-state index contributed by atoms with van der Waals surface area (Å²) in [6, 6.07) is 3.54. The Hall–Kier alpha value is -0.430. The van der Waals surface area contributed by atoms with Gasteiger partial charge in [0.05, 0.1) is 11.3 Å². The third-order valence-corrected chi connectivity index (χ3v) is 2.99. The molecule has 3 nitrogen and oxygen atoms in total. The van der Waals surface area contributed by atoms with Crippen LogP contribution in [0.25, 0.3) is 0 Å². The van der Waals surface area contributed by atoms with Gasteiger partial charge in [0.1, 0.15) is 0 Å². The summed E-state index contributed by atoms with van der Waals surface area (Å²) >= 11 is 5.38. The summed E-state index contributed by atoms with van der Waals surface area (Å²) in [7, 11) is 0. The molecule has 1 N–H and O–H groups in total. The Morgan fingerprint density at radius 3 is 2.69 bits per heavy atom. The SMILES string of the molecule is O=C1Nc2c(Br)cc(I)cc2C1=O. The lowest BCUT2D eigenvalue weighted by Crippen LogP contribution is -2.12. The molecule has 1 aromatic rings. The normalized spacial score (nSPS) is 14.3. The molecule has 1 heterocycles. The Kier molecular flexibility index (Phi) is 2.15. The van der Waals surface area contributed by atoms with Gasteiger partial charge in [0.15, 0.2) is 0 Å². The van der Waals surface area contributed by atoms with Gasteiger partial charge in [-0.25, -0.2) is 0 Å². The first kappa shape index (κ1) is 9.14. The molecular weight excluding hydrogens is 349 g/mol. The smallest absolute Gasteiger partial charge is 0.296 e. The van der Waals surface area contributed by atoms with Crippen LogP contribution >= 0.6 is 38.5 Å². The van der Waals surface area contributed by atoms with E-state index < -0.39 is 11.7 Å². The number of hydrogen-bond acceptors (Lipinski definition) is 2. The molecule has 0 saturated heterocycles. The minimum Gasteiger partial charge on any atom is -0.317 e. The van der Waals surface area contributed by atoms with Crippen molar-refractivity contribution in [2.45, 2.75) is 0 Å². The van der Waals surface area contributed by atoms with Crippen LogP contribution < -0.4 is 5.32 Å². The lowest BCUT2D eigenvalue weighted by atomic mass is 10.1.